The molecule has 1 aliphatic carbocycles. The first-order valence-electron chi connectivity index (χ1n) is 12.0. The molecule has 0 aromatic carbocycles. The molecule has 2 aliphatic rings. The molecule has 0 unspecified atom stereocenters. The van der Waals surface area contributed by atoms with Gasteiger partial charge >= 0.3 is 12.1 Å². The van der Waals surface area contributed by atoms with Crippen molar-refractivity contribution in [1.29, 1.82) is 0 Å². The number of aromatic nitrogens is 1. The highest BCUT2D eigenvalue weighted by Gasteiger charge is 2.49. The average Bonchev–Trinajstić information content (AvgIpc) is 3.62. The van der Waals surface area contributed by atoms with E-state index < -0.39 is 41.5 Å². The first-order chi connectivity index (χ1) is 16.4. The van der Waals surface area contributed by atoms with E-state index in [1.54, 1.807) is 45.0 Å². The number of aliphatic hydroxyl groups excluding tert-OH is 1. The minimum absolute atomic E-state index is 0.0784. The molecule has 0 radical (unpaired) electrons. The van der Waals surface area contributed by atoms with Crippen molar-refractivity contribution in [2.45, 2.75) is 71.1 Å². The second-order valence-corrected chi connectivity index (χ2v) is 10.5. The lowest BCUT2D eigenvalue weighted by Crippen LogP contribution is -2.59. The summed E-state index contributed by atoms with van der Waals surface area (Å²) in [6.07, 6.45) is 1.30. The Morgan fingerprint density at radius 2 is 1.77 bits per heavy atom. The smallest absolute Gasteiger partial charge is 0.410 e. The van der Waals surface area contributed by atoms with Crippen LogP contribution in [-0.4, -0.2) is 78.0 Å². The Bertz CT molecular complexity index is 955. The molecule has 1 saturated heterocycles. The number of hydrogen-bond acceptors (Lipinski definition) is 8. The highest BCUT2D eigenvalue weighted by Crippen LogP contribution is 2.37. The second-order valence-electron chi connectivity index (χ2n) is 10.5. The summed E-state index contributed by atoms with van der Waals surface area (Å²) in [4.78, 5) is 46.5. The monoisotopic (exact) mass is 491 g/mol. The summed E-state index contributed by atoms with van der Waals surface area (Å²) in [6.45, 7) is 9.06. The van der Waals surface area contributed by atoms with Crippen molar-refractivity contribution in [3.05, 3.63) is 17.8 Å². The number of amides is 2. The van der Waals surface area contributed by atoms with Gasteiger partial charge in [-0.1, -0.05) is 13.8 Å². The van der Waals surface area contributed by atoms with E-state index >= 15 is 0 Å². The minimum atomic E-state index is -1.33. The zero-order chi connectivity index (χ0) is 26.1. The summed E-state index contributed by atoms with van der Waals surface area (Å²) in [5.74, 6) is -2.03. The summed E-state index contributed by atoms with van der Waals surface area (Å²) in [5, 5.41) is 11.1. The highest BCUT2D eigenvalue weighted by atomic mass is 16.6. The molecule has 1 aromatic heterocycles. The van der Waals surface area contributed by atoms with Gasteiger partial charge in [-0.15, -0.1) is 0 Å². The van der Waals surface area contributed by atoms with Crippen molar-refractivity contribution < 1.29 is 33.7 Å². The van der Waals surface area contributed by atoms with Crippen LogP contribution >= 0.6 is 0 Å². The zero-order valence-electron chi connectivity index (χ0n) is 21.6. The maximum absolute atomic E-state index is 13.9. The van der Waals surface area contributed by atoms with Crippen LogP contribution in [0.5, 0.6) is 5.75 Å². The fourth-order valence-corrected chi connectivity index (χ4v) is 4.28. The summed E-state index contributed by atoms with van der Waals surface area (Å²) in [6, 6.07) is 1.65. The van der Waals surface area contributed by atoms with Crippen LogP contribution in [0.1, 0.15) is 58.9 Å². The first-order valence-corrected chi connectivity index (χ1v) is 12.0. The molecule has 3 atom stereocenters. The molecule has 1 saturated carbocycles. The van der Waals surface area contributed by atoms with E-state index in [1.165, 1.54) is 12.0 Å². The van der Waals surface area contributed by atoms with E-state index in [0.29, 0.717) is 11.6 Å². The van der Waals surface area contributed by atoms with Crippen LogP contribution in [0.15, 0.2) is 12.3 Å². The third kappa shape index (κ3) is 6.04. The minimum Gasteiger partial charge on any atom is -0.496 e. The SMILES string of the molecule is COC(=O)[C@@H]1CN(C(=O)OC(C)(C)C)C[C@H](C(=O)N(c2cc(OC)c(C(C)C)cn2)C2CC2)[C@@H]1O. The molecular weight excluding hydrogens is 454 g/mol. The largest absolute Gasteiger partial charge is 0.496 e. The number of pyridine rings is 1. The molecule has 1 N–H and O–H groups in total. The maximum Gasteiger partial charge on any atom is 0.410 e. The molecule has 1 aromatic rings. The van der Waals surface area contributed by atoms with Crippen molar-refractivity contribution in [3.8, 4) is 5.75 Å². The van der Waals surface area contributed by atoms with Gasteiger partial charge in [0.1, 0.15) is 23.1 Å². The molecule has 0 spiro atoms. The average molecular weight is 492 g/mol. The number of likely N-dealkylation sites (tertiary alicyclic amines) is 1. The van der Waals surface area contributed by atoms with Crippen LogP contribution in [-0.2, 0) is 19.1 Å². The van der Waals surface area contributed by atoms with Crippen LogP contribution < -0.4 is 9.64 Å². The number of rotatable bonds is 6. The third-order valence-electron chi connectivity index (χ3n) is 6.25. The van der Waals surface area contributed by atoms with E-state index in [2.05, 4.69) is 4.98 Å². The van der Waals surface area contributed by atoms with E-state index in [0.717, 1.165) is 18.4 Å². The summed E-state index contributed by atoms with van der Waals surface area (Å²) >= 11 is 0. The molecule has 35 heavy (non-hydrogen) atoms. The lowest BCUT2D eigenvalue weighted by atomic mass is 9.85. The van der Waals surface area contributed by atoms with Gasteiger partial charge in [-0.25, -0.2) is 9.78 Å². The Balaban J connectivity index is 1.95. The number of nitrogens with zero attached hydrogens (tertiary/aromatic N) is 3. The van der Waals surface area contributed by atoms with Crippen LogP contribution in [0.25, 0.3) is 0 Å². The van der Waals surface area contributed by atoms with Crippen molar-refractivity contribution >= 4 is 23.8 Å². The van der Waals surface area contributed by atoms with Crippen LogP contribution in [0.3, 0.4) is 0 Å². The topological polar surface area (TPSA) is 118 Å². The van der Waals surface area contributed by atoms with Crippen LogP contribution in [0, 0.1) is 11.8 Å². The Kier molecular flexibility index (Phi) is 7.93. The Hall–Kier alpha value is -2.88. The lowest BCUT2D eigenvalue weighted by Gasteiger charge is -2.41. The normalized spacial score (nSPS) is 22.5. The van der Waals surface area contributed by atoms with Crippen molar-refractivity contribution in [2.24, 2.45) is 11.8 Å². The number of carbonyl (C=O) groups excluding carboxylic acids is 3. The van der Waals surface area contributed by atoms with E-state index in [-0.39, 0.29) is 25.0 Å². The summed E-state index contributed by atoms with van der Waals surface area (Å²) in [5.41, 5.74) is 0.158. The Morgan fingerprint density at radius 1 is 1.14 bits per heavy atom. The highest BCUT2D eigenvalue weighted by molar-refractivity contribution is 5.97. The lowest BCUT2D eigenvalue weighted by molar-refractivity contribution is -0.156. The van der Waals surface area contributed by atoms with Gasteiger partial charge in [-0.05, 0) is 39.5 Å². The van der Waals surface area contributed by atoms with Gasteiger partial charge in [0, 0.05) is 37.0 Å². The first kappa shape index (κ1) is 26.7. The quantitative estimate of drug-likeness (QED) is 0.604. The second kappa shape index (κ2) is 10.4. The zero-order valence-corrected chi connectivity index (χ0v) is 21.6. The van der Waals surface area contributed by atoms with Gasteiger partial charge in [0.2, 0.25) is 5.91 Å². The maximum atomic E-state index is 13.9. The molecule has 1 aliphatic heterocycles. The summed E-state index contributed by atoms with van der Waals surface area (Å²) < 4.78 is 15.9. The van der Waals surface area contributed by atoms with Crippen molar-refractivity contribution in [2.75, 3.05) is 32.2 Å². The van der Waals surface area contributed by atoms with Crippen LogP contribution in [0.4, 0.5) is 10.6 Å². The third-order valence-corrected chi connectivity index (χ3v) is 6.25. The fraction of sp³-hybridized carbons (Fsp3) is 0.680. The molecule has 2 fully saturated rings. The number of anilines is 1. The van der Waals surface area contributed by atoms with Gasteiger partial charge in [-0.3, -0.25) is 14.5 Å². The molecule has 194 valence electrons. The number of ether oxygens (including phenoxy) is 3. The van der Waals surface area contributed by atoms with Gasteiger partial charge in [-0.2, -0.15) is 0 Å². The Morgan fingerprint density at radius 3 is 2.29 bits per heavy atom. The van der Waals surface area contributed by atoms with Gasteiger partial charge in [0.05, 0.1) is 26.2 Å². The molecule has 2 amide bonds. The predicted octanol–water partition coefficient (Wildman–Crippen LogP) is 2.73. The number of piperidine rings is 1. The van der Waals surface area contributed by atoms with E-state index in [9.17, 15) is 19.5 Å². The molecule has 10 heteroatoms. The van der Waals surface area contributed by atoms with Crippen molar-refractivity contribution in [3.63, 3.8) is 0 Å². The van der Waals surface area contributed by atoms with Gasteiger partial charge < -0.3 is 24.2 Å². The number of hydrogen-bond donors (Lipinski definition) is 1. The van der Waals surface area contributed by atoms with Crippen molar-refractivity contribution in [1.82, 2.24) is 9.88 Å². The molecular formula is C25H37N3O7. The number of carbonyl (C=O) groups is 3. The number of methoxy groups -OCH3 is 2. The Labute approximate surface area is 206 Å². The molecule has 0 bridgehead atoms. The van der Waals surface area contributed by atoms with Crippen LogP contribution in [0.2, 0.25) is 0 Å². The van der Waals surface area contributed by atoms with E-state index in [1.807, 2.05) is 13.8 Å². The van der Waals surface area contributed by atoms with Gasteiger partial charge in [0.15, 0.2) is 0 Å². The number of aliphatic hydroxyl groups is 1. The molecule has 2 heterocycles. The number of esters is 1. The fourth-order valence-electron chi connectivity index (χ4n) is 4.28. The molecule has 10 nitrogen and oxygen atoms in total. The summed E-state index contributed by atoms with van der Waals surface area (Å²) in [7, 11) is 2.78. The van der Waals surface area contributed by atoms with E-state index in [4.69, 9.17) is 14.2 Å². The molecule has 3 rings (SSSR count). The van der Waals surface area contributed by atoms with Gasteiger partial charge in [0.25, 0.3) is 0 Å². The predicted molar refractivity (Wildman–Crippen MR) is 128 cm³/mol. The standard InChI is InChI=1S/C25H37N3O7/c1-14(2)16-11-26-20(10-19(16)33-6)28(15-8-9-15)22(30)17-12-27(24(32)35-25(3,4)5)13-18(21(17)29)23(31)34-7/h10-11,14-15,17-18,21,29H,8-9,12-13H2,1-7H3/t17-,18+,21-/m0/s1.